The molecule has 4 aromatic rings. The lowest BCUT2D eigenvalue weighted by Gasteiger charge is -2.14. The van der Waals surface area contributed by atoms with Crippen molar-refractivity contribution in [3.63, 3.8) is 0 Å². The minimum absolute atomic E-state index is 0.0557. The van der Waals surface area contributed by atoms with Gasteiger partial charge >= 0.3 is 10.9 Å². The number of thiophene rings is 1. The monoisotopic (exact) mass is 559 g/mol. The maximum Gasteiger partial charge on any atom is 0.396 e. The van der Waals surface area contributed by atoms with Crippen molar-refractivity contribution in [2.45, 2.75) is 6.42 Å². The minimum atomic E-state index is -0.540. The van der Waals surface area contributed by atoms with E-state index in [2.05, 4.69) is 0 Å². The van der Waals surface area contributed by atoms with E-state index in [4.69, 9.17) is 33.0 Å². The van der Waals surface area contributed by atoms with Crippen LogP contribution in [0, 0.1) is 0 Å². The number of amides is 1. The van der Waals surface area contributed by atoms with Crippen LogP contribution in [0.5, 0.6) is 5.75 Å². The van der Waals surface area contributed by atoms with Gasteiger partial charge in [-0.1, -0.05) is 71.2 Å². The van der Waals surface area contributed by atoms with Gasteiger partial charge in [-0.15, -0.1) is 11.3 Å². The van der Waals surface area contributed by atoms with Gasteiger partial charge in [0.2, 0.25) is 0 Å². The highest BCUT2D eigenvalue weighted by molar-refractivity contribution is 8.26. The highest BCUT2D eigenvalue weighted by Crippen LogP contribution is 2.38. The molecule has 1 amide bonds. The molecule has 1 aliphatic rings. The van der Waals surface area contributed by atoms with Gasteiger partial charge < -0.3 is 9.15 Å². The highest BCUT2D eigenvalue weighted by Gasteiger charge is 2.32. The van der Waals surface area contributed by atoms with Gasteiger partial charge in [-0.3, -0.25) is 14.5 Å². The van der Waals surface area contributed by atoms with Crippen LogP contribution >= 0.6 is 58.3 Å². The average molecular weight is 560 g/mol. The van der Waals surface area contributed by atoms with E-state index in [0.717, 1.165) is 16.2 Å². The van der Waals surface area contributed by atoms with Crippen LogP contribution in [0.2, 0.25) is 5.02 Å². The first-order valence-corrected chi connectivity index (χ1v) is 13.5. The highest BCUT2D eigenvalue weighted by atomic mass is 35.5. The maximum absolute atomic E-state index is 12.7. The molecule has 0 saturated carbocycles. The molecular formula is C24H14ClNO5S4. The first-order chi connectivity index (χ1) is 16.9. The van der Waals surface area contributed by atoms with Crippen LogP contribution in [-0.4, -0.2) is 27.6 Å². The summed E-state index contributed by atoms with van der Waals surface area (Å²) in [5, 5.41) is 2.40. The average Bonchev–Trinajstić information content (AvgIpc) is 3.52. The van der Waals surface area contributed by atoms with Gasteiger partial charge in [0.05, 0.1) is 16.0 Å². The van der Waals surface area contributed by atoms with Crippen LogP contribution in [0.25, 0.3) is 27.5 Å². The Bertz CT molecular complexity index is 1550. The summed E-state index contributed by atoms with van der Waals surface area (Å²) in [7, 11) is 0. The second-order valence-electron chi connectivity index (χ2n) is 7.30. The van der Waals surface area contributed by atoms with E-state index in [-0.39, 0.29) is 24.6 Å². The smallest absolute Gasteiger partial charge is 0.396 e. The summed E-state index contributed by atoms with van der Waals surface area (Å²) in [6, 6.07) is 14.1. The molecule has 0 atom stereocenters. The number of thiocarbonyl (C=S) groups is 1. The molecule has 0 spiro atoms. The number of benzene rings is 2. The Hall–Kier alpha value is -2.76. The van der Waals surface area contributed by atoms with E-state index in [1.54, 1.807) is 36.4 Å². The third kappa shape index (κ3) is 5.12. The molecule has 0 radical (unpaired) electrons. The Balaban J connectivity index is 1.32. The molecular weight excluding hydrogens is 546 g/mol. The predicted molar refractivity (Wildman–Crippen MR) is 145 cm³/mol. The fraction of sp³-hybridized carbons (Fsp3) is 0.0833. The summed E-state index contributed by atoms with van der Waals surface area (Å²) in [5.74, 6) is -0.522. The Morgan fingerprint density at radius 3 is 2.74 bits per heavy atom. The van der Waals surface area contributed by atoms with Gasteiger partial charge in [0, 0.05) is 33.6 Å². The number of carbonyl (C=O) groups is 2. The lowest BCUT2D eigenvalue weighted by atomic mass is 10.0. The van der Waals surface area contributed by atoms with Crippen molar-refractivity contribution in [1.82, 2.24) is 4.90 Å². The number of rotatable bonds is 6. The molecule has 0 bridgehead atoms. The number of hydrogen-bond acceptors (Lipinski definition) is 9. The number of carbonyl (C=O) groups excluding carboxylic acids is 2. The summed E-state index contributed by atoms with van der Waals surface area (Å²) >= 11 is 15.3. The number of halogens is 1. The fourth-order valence-electron chi connectivity index (χ4n) is 3.47. The second kappa shape index (κ2) is 10.1. The molecule has 3 heterocycles. The lowest BCUT2D eigenvalue weighted by molar-refractivity contribution is -0.134. The van der Waals surface area contributed by atoms with Crippen LogP contribution in [0.4, 0.5) is 0 Å². The van der Waals surface area contributed by atoms with Crippen LogP contribution in [0.15, 0.2) is 68.0 Å². The van der Waals surface area contributed by atoms with E-state index < -0.39 is 10.9 Å². The van der Waals surface area contributed by atoms with Crippen molar-refractivity contribution >= 4 is 90.8 Å². The molecule has 1 aliphatic heterocycles. The first kappa shape index (κ1) is 24.0. The van der Waals surface area contributed by atoms with E-state index in [1.165, 1.54) is 28.0 Å². The van der Waals surface area contributed by atoms with Crippen molar-refractivity contribution in [1.29, 1.82) is 0 Å². The topological polar surface area (TPSA) is 76.8 Å². The molecule has 6 nitrogen and oxygen atoms in total. The fourth-order valence-corrected chi connectivity index (χ4v) is 6.46. The molecule has 5 rings (SSSR count). The van der Waals surface area contributed by atoms with E-state index in [9.17, 15) is 14.4 Å². The van der Waals surface area contributed by atoms with Crippen molar-refractivity contribution in [3.05, 3.63) is 78.4 Å². The van der Waals surface area contributed by atoms with E-state index >= 15 is 0 Å². The predicted octanol–water partition coefficient (Wildman–Crippen LogP) is 6.43. The summed E-state index contributed by atoms with van der Waals surface area (Å²) in [6.45, 7) is 0.101. The Morgan fingerprint density at radius 1 is 1.14 bits per heavy atom. The summed E-state index contributed by atoms with van der Waals surface area (Å²) in [4.78, 5) is 39.7. The molecule has 2 aromatic heterocycles. The SMILES string of the molecule is O=C(CCN1C(=O)/C(=C/c2cccs2)SC1=S)Oc1cc(-c2ccccc2Cl)c2oc(=O)sc2c1. The van der Waals surface area contributed by atoms with Crippen molar-refractivity contribution in [2.24, 2.45) is 0 Å². The number of hydrogen-bond donors (Lipinski definition) is 0. The summed E-state index contributed by atoms with van der Waals surface area (Å²) in [5.41, 5.74) is 1.57. The molecule has 0 unspecified atom stereocenters. The molecule has 11 heteroatoms. The van der Waals surface area contributed by atoms with Crippen LogP contribution in [0.3, 0.4) is 0 Å². The summed E-state index contributed by atoms with van der Waals surface area (Å²) in [6.07, 6.45) is 1.74. The number of fused-ring (bicyclic) bond motifs is 1. The molecule has 1 saturated heterocycles. The standard InChI is InChI=1S/C24H14ClNO5S4/c25-17-6-2-1-5-15(17)16-10-13(11-18-21(16)31-24(29)35-18)30-20(27)7-8-26-22(28)19(34-23(26)32)12-14-4-3-9-33-14/h1-6,9-12H,7-8H2/b19-12-. The quantitative estimate of drug-likeness (QED) is 0.116. The largest absolute Gasteiger partial charge is 0.426 e. The van der Waals surface area contributed by atoms with Gasteiger partial charge in [-0.25, -0.2) is 4.79 Å². The van der Waals surface area contributed by atoms with Gasteiger partial charge in [0.25, 0.3) is 5.91 Å². The second-order valence-corrected chi connectivity index (χ2v) is 11.3. The molecule has 0 aliphatic carbocycles. The van der Waals surface area contributed by atoms with Gasteiger partial charge in [-0.2, -0.15) is 0 Å². The van der Waals surface area contributed by atoms with E-state index in [0.29, 0.717) is 35.7 Å². The molecule has 1 fully saturated rings. The number of nitrogens with zero attached hydrogens (tertiary/aromatic N) is 1. The van der Waals surface area contributed by atoms with Crippen LogP contribution < -0.4 is 9.68 Å². The number of esters is 1. The summed E-state index contributed by atoms with van der Waals surface area (Å²) < 4.78 is 11.8. The Labute approximate surface area is 221 Å². The van der Waals surface area contributed by atoms with Crippen molar-refractivity contribution in [3.8, 4) is 16.9 Å². The van der Waals surface area contributed by atoms with Gasteiger partial charge in [0.1, 0.15) is 10.1 Å². The van der Waals surface area contributed by atoms with E-state index in [1.807, 2.05) is 23.6 Å². The Morgan fingerprint density at radius 2 is 1.97 bits per heavy atom. The Kier molecular flexibility index (Phi) is 6.90. The lowest BCUT2D eigenvalue weighted by Crippen LogP contribution is -2.31. The van der Waals surface area contributed by atoms with Crippen LogP contribution in [0.1, 0.15) is 11.3 Å². The number of ether oxygens (including phenoxy) is 1. The first-order valence-electron chi connectivity index (χ1n) is 10.2. The van der Waals surface area contributed by atoms with Crippen molar-refractivity contribution in [2.75, 3.05) is 6.54 Å². The molecule has 2 aromatic carbocycles. The maximum atomic E-state index is 12.7. The minimum Gasteiger partial charge on any atom is -0.426 e. The third-order valence-corrected chi connectivity index (χ3v) is 8.33. The third-order valence-electron chi connectivity index (χ3n) is 5.03. The van der Waals surface area contributed by atoms with Crippen LogP contribution in [-0.2, 0) is 9.59 Å². The zero-order valence-corrected chi connectivity index (χ0v) is 21.7. The van der Waals surface area contributed by atoms with Gasteiger partial charge in [0.15, 0.2) is 5.58 Å². The molecule has 176 valence electrons. The number of thioether (sulfide) groups is 1. The normalized spacial score (nSPS) is 14.9. The zero-order valence-electron chi connectivity index (χ0n) is 17.7. The van der Waals surface area contributed by atoms with Crippen molar-refractivity contribution < 1.29 is 18.7 Å². The molecule has 0 N–H and O–H groups in total. The van der Waals surface area contributed by atoms with Gasteiger partial charge in [-0.05, 0) is 29.7 Å². The molecule has 35 heavy (non-hydrogen) atoms. The zero-order chi connectivity index (χ0) is 24.5.